The predicted octanol–water partition coefficient (Wildman–Crippen LogP) is 8.03. The van der Waals surface area contributed by atoms with E-state index in [0.717, 1.165) is 14.9 Å². The molecule has 0 saturated heterocycles. The quantitative estimate of drug-likeness (QED) is 0.110. The molecule has 0 heterocycles. The van der Waals surface area contributed by atoms with Crippen LogP contribution in [0.1, 0.15) is 29.3 Å². The van der Waals surface area contributed by atoms with E-state index in [-0.39, 0.29) is 11.6 Å². The van der Waals surface area contributed by atoms with Gasteiger partial charge in [-0.25, -0.2) is 0 Å². The molecule has 0 aliphatic heterocycles. The molecule has 3 N–H and O–H groups in total. The maximum atomic E-state index is 13.4. The lowest BCUT2D eigenvalue weighted by atomic mass is 10.1. The minimum atomic E-state index is -0.490. The summed E-state index contributed by atoms with van der Waals surface area (Å²) in [6.07, 6.45) is 2.19. The minimum absolute atomic E-state index is 0.0817. The third-order valence-electron chi connectivity index (χ3n) is 6.16. The fourth-order valence-corrected chi connectivity index (χ4v) is 5.50. The average molecular weight is 679 g/mol. The molecule has 4 aromatic rings. The third-order valence-corrected chi connectivity index (χ3v) is 8.34. The molecule has 0 bridgehead atoms. The first-order valence-electron chi connectivity index (χ1n) is 13.3. The molecular weight excluding hydrogens is 650 g/mol. The molecular formula is C33H29BrClN3O4S. The second-order valence-corrected chi connectivity index (χ2v) is 11.9. The molecule has 1 atom stereocenters. The van der Waals surface area contributed by atoms with Crippen LogP contribution in [0.3, 0.4) is 0 Å². The molecule has 0 aliphatic rings. The van der Waals surface area contributed by atoms with Crippen LogP contribution in [0.2, 0.25) is 5.02 Å². The zero-order chi connectivity index (χ0) is 30.8. The predicted molar refractivity (Wildman–Crippen MR) is 178 cm³/mol. The number of nitrogens with one attached hydrogen (secondary N) is 3. The van der Waals surface area contributed by atoms with Crippen LogP contribution in [0, 0.1) is 0 Å². The number of anilines is 2. The van der Waals surface area contributed by atoms with Gasteiger partial charge in [0.25, 0.3) is 11.8 Å². The number of ether oxygens (including phenoxy) is 1. The van der Waals surface area contributed by atoms with Gasteiger partial charge in [0.05, 0.1) is 17.4 Å². The van der Waals surface area contributed by atoms with Crippen molar-refractivity contribution in [2.75, 3.05) is 17.7 Å². The fraction of sp³-hybridized carbons (Fsp3) is 0.121. The van der Waals surface area contributed by atoms with Crippen LogP contribution >= 0.6 is 39.3 Å². The largest absolute Gasteiger partial charge is 0.495 e. The van der Waals surface area contributed by atoms with Crippen molar-refractivity contribution in [3.63, 3.8) is 0 Å². The van der Waals surface area contributed by atoms with E-state index >= 15 is 0 Å². The lowest BCUT2D eigenvalue weighted by molar-refractivity contribution is -0.116. The summed E-state index contributed by atoms with van der Waals surface area (Å²) >= 11 is 11.0. The summed E-state index contributed by atoms with van der Waals surface area (Å²) < 4.78 is 6.07. The summed E-state index contributed by atoms with van der Waals surface area (Å²) in [5.41, 5.74) is 2.33. The molecule has 1 unspecified atom stereocenters. The van der Waals surface area contributed by atoms with E-state index in [1.54, 1.807) is 66.7 Å². The van der Waals surface area contributed by atoms with Gasteiger partial charge in [0.2, 0.25) is 5.91 Å². The Morgan fingerprint density at radius 1 is 0.907 bits per heavy atom. The van der Waals surface area contributed by atoms with Crippen LogP contribution in [0.25, 0.3) is 6.08 Å². The fourth-order valence-electron chi connectivity index (χ4n) is 3.97. The number of thioether (sulfide) groups is 1. The van der Waals surface area contributed by atoms with Crippen molar-refractivity contribution in [3.05, 3.63) is 123 Å². The number of methoxy groups -OCH3 is 1. The third kappa shape index (κ3) is 9.22. The number of carbonyl (C=O) groups excluding carboxylic acids is 3. The summed E-state index contributed by atoms with van der Waals surface area (Å²) in [6, 6.07) is 28.3. The summed E-state index contributed by atoms with van der Waals surface area (Å²) in [6.45, 7) is 1.93. The number of hydrogen-bond donors (Lipinski definition) is 3. The van der Waals surface area contributed by atoms with Crippen LogP contribution in [-0.2, 0) is 9.59 Å². The van der Waals surface area contributed by atoms with Gasteiger partial charge in [0.15, 0.2) is 0 Å². The monoisotopic (exact) mass is 677 g/mol. The summed E-state index contributed by atoms with van der Waals surface area (Å²) in [5, 5.41) is 8.53. The van der Waals surface area contributed by atoms with E-state index < -0.39 is 17.1 Å². The maximum Gasteiger partial charge on any atom is 0.272 e. The molecule has 0 radical (unpaired) electrons. The minimum Gasteiger partial charge on any atom is -0.495 e. The standard InChI is InChI=1S/C33H29BrClN3O4S/c1-3-30(33(41)37-25-16-17-29(42-2)27(35)20-25)43-26-11-7-10-24(19-26)36-32(40)28(18-21-12-14-23(34)15-13-21)38-31(39)22-8-5-4-6-9-22/h4-20,30H,3H2,1-2H3,(H,36,40)(H,37,41)(H,38,39)/b28-18-. The van der Waals surface area contributed by atoms with Crippen LogP contribution in [0.15, 0.2) is 112 Å². The second kappa shape index (κ2) is 15.4. The highest BCUT2D eigenvalue weighted by Crippen LogP contribution is 2.31. The highest BCUT2D eigenvalue weighted by atomic mass is 79.9. The van der Waals surface area contributed by atoms with Crippen LogP contribution in [-0.4, -0.2) is 30.1 Å². The van der Waals surface area contributed by atoms with E-state index in [9.17, 15) is 14.4 Å². The highest BCUT2D eigenvalue weighted by Gasteiger charge is 2.20. The van der Waals surface area contributed by atoms with Crippen molar-refractivity contribution in [2.24, 2.45) is 0 Å². The SMILES string of the molecule is CCC(Sc1cccc(NC(=O)/C(=C/c2ccc(Br)cc2)NC(=O)c2ccccc2)c1)C(=O)Nc1ccc(OC)c(Cl)c1. The first kappa shape index (κ1) is 31.9. The average Bonchev–Trinajstić information content (AvgIpc) is 3.01. The van der Waals surface area contributed by atoms with Crippen LogP contribution in [0.5, 0.6) is 5.75 Å². The van der Waals surface area contributed by atoms with Crippen LogP contribution in [0.4, 0.5) is 11.4 Å². The number of halogens is 2. The van der Waals surface area contributed by atoms with E-state index in [2.05, 4.69) is 31.9 Å². The lowest BCUT2D eigenvalue weighted by Crippen LogP contribution is -2.30. The van der Waals surface area contributed by atoms with Gasteiger partial charge in [-0.05, 0) is 78.7 Å². The van der Waals surface area contributed by atoms with Crippen molar-refractivity contribution in [1.82, 2.24) is 5.32 Å². The van der Waals surface area contributed by atoms with Gasteiger partial charge in [0.1, 0.15) is 11.4 Å². The molecule has 7 nitrogen and oxygen atoms in total. The maximum absolute atomic E-state index is 13.4. The van der Waals surface area contributed by atoms with Crippen molar-refractivity contribution >= 4 is 74.5 Å². The van der Waals surface area contributed by atoms with Gasteiger partial charge in [-0.1, -0.05) is 70.9 Å². The first-order chi connectivity index (χ1) is 20.7. The summed E-state index contributed by atoms with van der Waals surface area (Å²) in [7, 11) is 1.53. The zero-order valence-electron chi connectivity index (χ0n) is 23.4. The lowest BCUT2D eigenvalue weighted by Gasteiger charge is -2.16. The smallest absolute Gasteiger partial charge is 0.272 e. The number of amides is 3. The van der Waals surface area contributed by atoms with Gasteiger partial charge in [-0.2, -0.15) is 0 Å². The Morgan fingerprint density at radius 3 is 2.30 bits per heavy atom. The molecule has 43 heavy (non-hydrogen) atoms. The molecule has 0 saturated carbocycles. The summed E-state index contributed by atoms with van der Waals surface area (Å²) in [5.74, 6) is -0.546. The highest BCUT2D eigenvalue weighted by molar-refractivity contribution is 9.10. The molecule has 0 fully saturated rings. The Hall–Kier alpha value is -4.05. The first-order valence-corrected chi connectivity index (χ1v) is 15.4. The molecule has 4 aromatic carbocycles. The van der Waals surface area contributed by atoms with Crippen LogP contribution < -0.4 is 20.7 Å². The Balaban J connectivity index is 1.48. The van der Waals surface area contributed by atoms with E-state index in [0.29, 0.717) is 34.1 Å². The van der Waals surface area contributed by atoms with Gasteiger partial charge in [-0.15, -0.1) is 11.8 Å². The Morgan fingerprint density at radius 2 is 1.63 bits per heavy atom. The molecule has 4 rings (SSSR count). The Bertz CT molecular complexity index is 1630. The number of hydrogen-bond acceptors (Lipinski definition) is 5. The van der Waals surface area contributed by atoms with Crippen molar-refractivity contribution in [2.45, 2.75) is 23.5 Å². The molecule has 0 aromatic heterocycles. The van der Waals surface area contributed by atoms with E-state index in [1.165, 1.54) is 18.9 Å². The zero-order valence-corrected chi connectivity index (χ0v) is 26.6. The number of benzene rings is 4. The van der Waals surface area contributed by atoms with Gasteiger partial charge < -0.3 is 20.7 Å². The normalized spacial score (nSPS) is 11.8. The number of carbonyl (C=O) groups is 3. The molecule has 3 amide bonds. The van der Waals surface area contributed by atoms with E-state index in [4.69, 9.17) is 16.3 Å². The van der Waals surface area contributed by atoms with Crippen molar-refractivity contribution in [1.29, 1.82) is 0 Å². The Kier molecular flexibility index (Phi) is 11.4. The van der Waals surface area contributed by atoms with Gasteiger partial charge in [-0.3, -0.25) is 14.4 Å². The second-order valence-electron chi connectivity index (χ2n) is 9.26. The number of rotatable bonds is 11. The van der Waals surface area contributed by atoms with E-state index in [1.807, 2.05) is 43.3 Å². The van der Waals surface area contributed by atoms with Crippen molar-refractivity contribution in [3.8, 4) is 5.75 Å². The topological polar surface area (TPSA) is 96.5 Å². The van der Waals surface area contributed by atoms with Crippen molar-refractivity contribution < 1.29 is 19.1 Å². The Labute approximate surface area is 268 Å². The van der Waals surface area contributed by atoms with Gasteiger partial charge >= 0.3 is 0 Å². The molecule has 0 aliphatic carbocycles. The molecule has 220 valence electrons. The molecule has 0 spiro atoms. The van der Waals surface area contributed by atoms with Gasteiger partial charge in [0, 0.05) is 26.3 Å². The summed E-state index contributed by atoms with van der Waals surface area (Å²) in [4.78, 5) is 40.2. The molecule has 10 heteroatoms.